The Labute approximate surface area is 190 Å². The van der Waals surface area contributed by atoms with Crippen LogP contribution in [0.4, 0.5) is 5.69 Å². The Bertz CT molecular complexity index is 1220. The van der Waals surface area contributed by atoms with Crippen LogP contribution in [0, 0.1) is 0 Å². The SMILES string of the molecule is COc1ccc(OC)c(C2/C(=C(\O)c3ccccc3)C(=O)C(=O)N2c2cccc(Cl)c2)c1. The van der Waals surface area contributed by atoms with Gasteiger partial charge >= 0.3 is 0 Å². The Hall–Kier alpha value is -3.77. The molecule has 0 aliphatic carbocycles. The highest BCUT2D eigenvalue weighted by molar-refractivity contribution is 6.51. The number of hydrogen-bond acceptors (Lipinski definition) is 5. The van der Waals surface area contributed by atoms with Crippen LogP contribution in [-0.4, -0.2) is 31.0 Å². The molecule has 1 atom stereocenters. The maximum Gasteiger partial charge on any atom is 0.300 e. The number of amides is 1. The average Bonchev–Trinajstić information content (AvgIpc) is 3.09. The first kappa shape index (κ1) is 21.5. The molecule has 3 aromatic carbocycles. The lowest BCUT2D eigenvalue weighted by molar-refractivity contribution is -0.132. The van der Waals surface area contributed by atoms with Crippen LogP contribution in [0.1, 0.15) is 17.2 Å². The minimum atomic E-state index is -0.960. The zero-order chi connectivity index (χ0) is 22.8. The molecule has 162 valence electrons. The van der Waals surface area contributed by atoms with Gasteiger partial charge in [0.2, 0.25) is 0 Å². The summed E-state index contributed by atoms with van der Waals surface area (Å²) in [5.74, 6) is -0.912. The van der Waals surface area contributed by atoms with E-state index >= 15 is 0 Å². The van der Waals surface area contributed by atoms with Gasteiger partial charge in [0.25, 0.3) is 11.7 Å². The summed E-state index contributed by atoms with van der Waals surface area (Å²) in [6, 6.07) is 19.4. The van der Waals surface area contributed by atoms with Crippen molar-refractivity contribution >= 4 is 34.7 Å². The van der Waals surface area contributed by atoms with E-state index in [1.807, 2.05) is 0 Å². The molecule has 0 spiro atoms. The van der Waals surface area contributed by atoms with Gasteiger partial charge < -0.3 is 14.6 Å². The lowest BCUT2D eigenvalue weighted by Gasteiger charge is -2.27. The van der Waals surface area contributed by atoms with Crippen LogP contribution in [0.25, 0.3) is 5.76 Å². The fourth-order valence-corrected chi connectivity index (χ4v) is 4.01. The highest BCUT2D eigenvalue weighted by Gasteiger charge is 2.48. The molecule has 4 rings (SSSR count). The van der Waals surface area contributed by atoms with Gasteiger partial charge in [-0.05, 0) is 36.4 Å². The summed E-state index contributed by atoms with van der Waals surface area (Å²) in [4.78, 5) is 27.7. The predicted molar refractivity (Wildman–Crippen MR) is 122 cm³/mol. The second-order valence-corrected chi connectivity index (χ2v) is 7.56. The lowest BCUT2D eigenvalue weighted by atomic mass is 9.94. The second kappa shape index (κ2) is 8.77. The highest BCUT2D eigenvalue weighted by Crippen LogP contribution is 2.46. The number of ether oxygens (including phenoxy) is 2. The number of carbonyl (C=O) groups excluding carboxylic acids is 2. The molecular weight excluding hydrogens is 430 g/mol. The van der Waals surface area contributed by atoms with Crippen LogP contribution in [0.5, 0.6) is 11.5 Å². The molecule has 1 unspecified atom stereocenters. The first-order chi connectivity index (χ1) is 15.5. The molecule has 1 aliphatic heterocycles. The minimum absolute atomic E-state index is 0.0484. The quantitative estimate of drug-likeness (QED) is 0.337. The molecule has 0 aromatic heterocycles. The summed E-state index contributed by atoms with van der Waals surface area (Å²) in [5, 5.41) is 11.5. The molecule has 0 saturated carbocycles. The maximum atomic E-state index is 13.2. The van der Waals surface area contributed by atoms with Crippen LogP contribution in [-0.2, 0) is 9.59 Å². The monoisotopic (exact) mass is 449 g/mol. The topological polar surface area (TPSA) is 76.1 Å². The number of nitrogens with zero attached hydrogens (tertiary/aromatic N) is 1. The summed E-state index contributed by atoms with van der Waals surface area (Å²) in [6.45, 7) is 0. The molecule has 1 amide bonds. The molecular formula is C25H20ClNO5. The van der Waals surface area contributed by atoms with E-state index in [1.54, 1.807) is 72.8 Å². The molecule has 32 heavy (non-hydrogen) atoms. The first-order valence-electron chi connectivity index (χ1n) is 9.80. The minimum Gasteiger partial charge on any atom is -0.507 e. The lowest BCUT2D eigenvalue weighted by Crippen LogP contribution is -2.29. The van der Waals surface area contributed by atoms with E-state index in [2.05, 4.69) is 0 Å². The Balaban J connectivity index is 2.02. The maximum absolute atomic E-state index is 13.2. The molecule has 1 N–H and O–H groups in total. The number of halogens is 1. The smallest absolute Gasteiger partial charge is 0.300 e. The van der Waals surface area contributed by atoms with Crippen molar-refractivity contribution in [3.63, 3.8) is 0 Å². The van der Waals surface area contributed by atoms with Crippen molar-refractivity contribution in [3.05, 3.63) is 94.5 Å². The van der Waals surface area contributed by atoms with Gasteiger partial charge in [0, 0.05) is 21.8 Å². The van der Waals surface area contributed by atoms with Crippen molar-refractivity contribution in [2.24, 2.45) is 0 Å². The number of Topliss-reactive ketones (excluding diaryl/α,β-unsaturated/α-hetero) is 1. The summed E-state index contributed by atoms with van der Waals surface area (Å²) >= 11 is 6.17. The number of anilines is 1. The zero-order valence-electron chi connectivity index (χ0n) is 17.4. The van der Waals surface area contributed by atoms with Crippen LogP contribution in [0.2, 0.25) is 5.02 Å². The number of benzene rings is 3. The molecule has 1 saturated heterocycles. The van der Waals surface area contributed by atoms with Gasteiger partial charge in [-0.2, -0.15) is 0 Å². The third-order valence-corrected chi connectivity index (χ3v) is 5.54. The van der Waals surface area contributed by atoms with Crippen molar-refractivity contribution in [1.29, 1.82) is 0 Å². The van der Waals surface area contributed by atoms with E-state index in [1.165, 1.54) is 19.1 Å². The van der Waals surface area contributed by atoms with E-state index in [0.717, 1.165) is 0 Å². The van der Waals surface area contributed by atoms with Gasteiger partial charge in [0.1, 0.15) is 17.3 Å². The molecule has 7 heteroatoms. The van der Waals surface area contributed by atoms with Crippen LogP contribution in [0.15, 0.2) is 78.4 Å². The molecule has 1 aliphatic rings. The van der Waals surface area contributed by atoms with Gasteiger partial charge in [0.05, 0.1) is 25.8 Å². The van der Waals surface area contributed by atoms with Gasteiger partial charge in [-0.1, -0.05) is 48.0 Å². The van der Waals surface area contributed by atoms with E-state index in [0.29, 0.717) is 33.3 Å². The third-order valence-electron chi connectivity index (χ3n) is 5.31. The van der Waals surface area contributed by atoms with E-state index in [4.69, 9.17) is 21.1 Å². The standard InChI is InChI=1S/C25H20ClNO5/c1-31-18-11-12-20(32-2)19(14-18)22-21(23(28)15-7-4-3-5-8-15)24(29)25(30)27(22)17-10-6-9-16(26)13-17/h3-14,22,28H,1-2H3/b23-21+. The van der Waals surface area contributed by atoms with E-state index in [9.17, 15) is 14.7 Å². The van der Waals surface area contributed by atoms with Crippen molar-refractivity contribution in [2.75, 3.05) is 19.1 Å². The van der Waals surface area contributed by atoms with Crippen molar-refractivity contribution < 1.29 is 24.2 Å². The van der Waals surface area contributed by atoms with Gasteiger partial charge in [-0.15, -0.1) is 0 Å². The Kier molecular flexibility index (Phi) is 5.88. The van der Waals surface area contributed by atoms with Crippen molar-refractivity contribution in [1.82, 2.24) is 0 Å². The Morgan fingerprint density at radius 2 is 1.69 bits per heavy atom. The number of ketones is 1. The van der Waals surface area contributed by atoms with E-state index in [-0.39, 0.29) is 11.3 Å². The molecule has 1 fully saturated rings. The summed E-state index contributed by atoms with van der Waals surface area (Å²) in [5.41, 5.74) is 1.28. The second-order valence-electron chi connectivity index (χ2n) is 7.12. The van der Waals surface area contributed by atoms with Gasteiger partial charge in [-0.25, -0.2) is 0 Å². The summed E-state index contributed by atoms with van der Waals surface area (Å²) < 4.78 is 10.9. The molecule has 0 bridgehead atoms. The van der Waals surface area contributed by atoms with Crippen LogP contribution in [0.3, 0.4) is 0 Å². The predicted octanol–water partition coefficient (Wildman–Crippen LogP) is 4.98. The Morgan fingerprint density at radius 3 is 2.34 bits per heavy atom. The average molecular weight is 450 g/mol. The highest BCUT2D eigenvalue weighted by atomic mass is 35.5. The summed E-state index contributed by atoms with van der Waals surface area (Å²) in [7, 11) is 3.01. The number of carbonyl (C=O) groups is 2. The summed E-state index contributed by atoms with van der Waals surface area (Å²) in [6.07, 6.45) is 0. The van der Waals surface area contributed by atoms with Gasteiger partial charge in [0.15, 0.2) is 0 Å². The number of aliphatic hydroxyl groups is 1. The van der Waals surface area contributed by atoms with E-state index < -0.39 is 17.7 Å². The third kappa shape index (κ3) is 3.69. The molecule has 0 radical (unpaired) electrons. The first-order valence-corrected chi connectivity index (χ1v) is 10.2. The molecule has 6 nitrogen and oxygen atoms in total. The zero-order valence-corrected chi connectivity index (χ0v) is 18.2. The largest absolute Gasteiger partial charge is 0.507 e. The van der Waals surface area contributed by atoms with Crippen molar-refractivity contribution in [3.8, 4) is 11.5 Å². The molecule has 1 heterocycles. The fourth-order valence-electron chi connectivity index (χ4n) is 3.82. The number of methoxy groups -OCH3 is 2. The normalized spacial score (nSPS) is 17.5. The molecule has 3 aromatic rings. The number of rotatable bonds is 5. The van der Waals surface area contributed by atoms with Crippen LogP contribution >= 0.6 is 11.6 Å². The van der Waals surface area contributed by atoms with Gasteiger partial charge in [-0.3, -0.25) is 14.5 Å². The number of aliphatic hydroxyl groups excluding tert-OH is 1. The fraction of sp³-hybridized carbons (Fsp3) is 0.120. The Morgan fingerprint density at radius 1 is 0.938 bits per heavy atom. The van der Waals surface area contributed by atoms with Crippen LogP contribution < -0.4 is 14.4 Å². The number of hydrogen-bond donors (Lipinski definition) is 1. The van der Waals surface area contributed by atoms with Crippen molar-refractivity contribution in [2.45, 2.75) is 6.04 Å².